The standard InChI is InChI=1S/C29H29FN4O2/c1-18-23-8-7-22-25(21-5-3-4-6-24(21)30)33-27(19-10-14-32-20(17-19)9-13-31)34-26(22)28(23,2)11-12-29(18)35-15-16-36-29/h3-6,10,14,17-18,23H,7-9,11-12,15-16H2,1-2H3/t18-,23-,28-/m1/s1. The Kier molecular flexibility index (Phi) is 5.62. The summed E-state index contributed by atoms with van der Waals surface area (Å²) >= 11 is 0. The number of fused-ring (bicyclic) bond motifs is 3. The van der Waals surface area contributed by atoms with Gasteiger partial charge >= 0.3 is 0 Å². The molecule has 1 spiro atoms. The topological polar surface area (TPSA) is 80.9 Å². The molecule has 6 nitrogen and oxygen atoms in total. The zero-order chi connectivity index (χ0) is 24.9. The van der Waals surface area contributed by atoms with Crippen LogP contribution in [0.25, 0.3) is 22.6 Å². The molecule has 2 fully saturated rings. The highest BCUT2D eigenvalue weighted by Gasteiger charge is 2.57. The van der Waals surface area contributed by atoms with Gasteiger partial charge in [0.1, 0.15) is 5.82 Å². The summed E-state index contributed by atoms with van der Waals surface area (Å²) in [5.74, 6) is 0.269. The lowest BCUT2D eigenvalue weighted by atomic mass is 9.54. The quantitative estimate of drug-likeness (QED) is 0.495. The van der Waals surface area contributed by atoms with Gasteiger partial charge in [0.15, 0.2) is 11.6 Å². The number of ether oxygens (including phenoxy) is 2. The van der Waals surface area contributed by atoms with Crippen LogP contribution in [0.2, 0.25) is 0 Å². The molecule has 6 rings (SSSR count). The summed E-state index contributed by atoms with van der Waals surface area (Å²) in [7, 11) is 0. The van der Waals surface area contributed by atoms with Gasteiger partial charge in [-0.15, -0.1) is 0 Å². The van der Waals surface area contributed by atoms with Gasteiger partial charge in [0.25, 0.3) is 0 Å². The summed E-state index contributed by atoms with van der Waals surface area (Å²) in [4.78, 5) is 14.4. The summed E-state index contributed by atoms with van der Waals surface area (Å²) in [6, 6.07) is 12.7. The molecular formula is C29H29FN4O2. The third-order valence-electron chi connectivity index (χ3n) is 8.60. The molecule has 1 aromatic carbocycles. The van der Waals surface area contributed by atoms with E-state index in [2.05, 4.69) is 24.9 Å². The number of halogens is 1. The number of hydrogen-bond acceptors (Lipinski definition) is 6. The Bertz CT molecular complexity index is 1360. The second-order valence-corrected chi connectivity index (χ2v) is 10.4. The Morgan fingerprint density at radius 1 is 1.14 bits per heavy atom. The molecule has 1 aliphatic heterocycles. The van der Waals surface area contributed by atoms with Crippen LogP contribution in [0.5, 0.6) is 0 Å². The number of pyridine rings is 1. The third-order valence-corrected chi connectivity index (χ3v) is 8.60. The number of nitrogens with zero attached hydrogens (tertiary/aromatic N) is 4. The first-order valence-electron chi connectivity index (χ1n) is 12.7. The monoisotopic (exact) mass is 484 g/mol. The third kappa shape index (κ3) is 3.55. The molecule has 0 unspecified atom stereocenters. The van der Waals surface area contributed by atoms with Crippen LogP contribution >= 0.6 is 0 Å². The van der Waals surface area contributed by atoms with Gasteiger partial charge < -0.3 is 9.47 Å². The van der Waals surface area contributed by atoms with Crippen LogP contribution in [0.3, 0.4) is 0 Å². The minimum Gasteiger partial charge on any atom is -0.347 e. The van der Waals surface area contributed by atoms with E-state index in [9.17, 15) is 0 Å². The highest BCUT2D eigenvalue weighted by Crippen LogP contribution is 2.57. The maximum Gasteiger partial charge on any atom is 0.171 e. The second kappa shape index (κ2) is 8.72. The lowest BCUT2D eigenvalue weighted by molar-refractivity contribution is -0.234. The Balaban J connectivity index is 1.54. The summed E-state index contributed by atoms with van der Waals surface area (Å²) in [5, 5.41) is 9.15. The van der Waals surface area contributed by atoms with Crippen molar-refractivity contribution in [3.8, 4) is 28.7 Å². The Hall–Kier alpha value is -3.21. The van der Waals surface area contributed by atoms with Gasteiger partial charge in [-0.05, 0) is 49.4 Å². The molecule has 36 heavy (non-hydrogen) atoms. The summed E-state index contributed by atoms with van der Waals surface area (Å²) in [6.07, 6.45) is 5.28. The largest absolute Gasteiger partial charge is 0.347 e. The number of hydrogen-bond donors (Lipinski definition) is 0. The van der Waals surface area contributed by atoms with Crippen LogP contribution in [0, 0.1) is 29.0 Å². The first kappa shape index (κ1) is 23.2. The summed E-state index contributed by atoms with van der Waals surface area (Å²) in [5.41, 5.74) is 4.42. The van der Waals surface area contributed by atoms with E-state index in [-0.39, 0.29) is 23.6 Å². The Morgan fingerprint density at radius 2 is 1.94 bits per heavy atom. The number of aromatic nitrogens is 3. The Labute approximate surface area is 210 Å². The molecule has 0 bridgehead atoms. The molecule has 3 heterocycles. The van der Waals surface area contributed by atoms with E-state index in [1.54, 1.807) is 18.3 Å². The molecule has 0 radical (unpaired) electrons. The first-order chi connectivity index (χ1) is 17.4. The molecule has 2 aromatic heterocycles. The van der Waals surface area contributed by atoms with Crippen molar-refractivity contribution >= 4 is 0 Å². The molecule has 3 aliphatic rings. The molecule has 0 N–H and O–H groups in total. The highest BCUT2D eigenvalue weighted by atomic mass is 19.1. The maximum absolute atomic E-state index is 15.1. The van der Waals surface area contributed by atoms with Crippen molar-refractivity contribution in [3.05, 3.63) is 65.4 Å². The lowest BCUT2D eigenvalue weighted by Crippen LogP contribution is -2.55. The fraction of sp³-hybridized carbons (Fsp3) is 0.448. The van der Waals surface area contributed by atoms with Crippen LogP contribution in [0.4, 0.5) is 4.39 Å². The van der Waals surface area contributed by atoms with Gasteiger partial charge in [-0.2, -0.15) is 5.26 Å². The van der Waals surface area contributed by atoms with Crippen molar-refractivity contribution in [2.24, 2.45) is 11.8 Å². The van der Waals surface area contributed by atoms with E-state index in [0.717, 1.165) is 42.5 Å². The first-order valence-corrected chi connectivity index (χ1v) is 12.7. The van der Waals surface area contributed by atoms with E-state index >= 15 is 4.39 Å². The van der Waals surface area contributed by atoms with Gasteiger partial charge in [-0.1, -0.05) is 26.0 Å². The second-order valence-electron chi connectivity index (χ2n) is 10.4. The Morgan fingerprint density at radius 3 is 2.72 bits per heavy atom. The molecule has 3 atom stereocenters. The van der Waals surface area contributed by atoms with E-state index in [0.29, 0.717) is 41.9 Å². The fourth-order valence-electron chi connectivity index (χ4n) is 6.74. The zero-order valence-corrected chi connectivity index (χ0v) is 20.6. The molecule has 184 valence electrons. The minimum atomic E-state index is -0.511. The lowest BCUT2D eigenvalue weighted by Gasteiger charge is -2.54. The van der Waals surface area contributed by atoms with Crippen LogP contribution in [-0.2, 0) is 27.7 Å². The average Bonchev–Trinajstić information content (AvgIpc) is 3.37. The van der Waals surface area contributed by atoms with Crippen molar-refractivity contribution in [1.29, 1.82) is 5.26 Å². The van der Waals surface area contributed by atoms with Crippen molar-refractivity contribution < 1.29 is 13.9 Å². The minimum absolute atomic E-state index is 0.207. The van der Waals surface area contributed by atoms with Gasteiger partial charge in [0, 0.05) is 40.6 Å². The fourth-order valence-corrected chi connectivity index (χ4v) is 6.74. The average molecular weight is 485 g/mol. The maximum atomic E-state index is 15.1. The molecule has 0 amide bonds. The number of nitriles is 1. The smallest absolute Gasteiger partial charge is 0.171 e. The summed E-state index contributed by atoms with van der Waals surface area (Å²) in [6.45, 7) is 5.82. The molecule has 3 aromatic rings. The van der Waals surface area contributed by atoms with Gasteiger partial charge in [-0.25, -0.2) is 14.4 Å². The molecule has 7 heteroatoms. The highest BCUT2D eigenvalue weighted by molar-refractivity contribution is 5.69. The zero-order valence-electron chi connectivity index (χ0n) is 20.6. The normalized spacial score (nSPS) is 26.3. The van der Waals surface area contributed by atoms with Crippen molar-refractivity contribution in [2.75, 3.05) is 13.2 Å². The predicted octanol–water partition coefficient (Wildman–Crippen LogP) is 5.40. The number of rotatable bonds is 3. The molecule has 2 aliphatic carbocycles. The van der Waals surface area contributed by atoms with E-state index in [4.69, 9.17) is 24.7 Å². The van der Waals surface area contributed by atoms with E-state index < -0.39 is 5.79 Å². The van der Waals surface area contributed by atoms with Crippen LogP contribution in [0.1, 0.15) is 50.1 Å². The van der Waals surface area contributed by atoms with Gasteiger partial charge in [0.05, 0.1) is 42.8 Å². The van der Waals surface area contributed by atoms with Gasteiger partial charge in [-0.3, -0.25) is 4.98 Å². The molecule has 1 saturated carbocycles. The van der Waals surface area contributed by atoms with E-state index in [1.807, 2.05) is 18.2 Å². The predicted molar refractivity (Wildman–Crippen MR) is 132 cm³/mol. The van der Waals surface area contributed by atoms with Crippen LogP contribution in [-0.4, -0.2) is 34.0 Å². The van der Waals surface area contributed by atoms with Crippen molar-refractivity contribution in [1.82, 2.24) is 15.0 Å². The van der Waals surface area contributed by atoms with Crippen LogP contribution in [0.15, 0.2) is 42.6 Å². The van der Waals surface area contributed by atoms with Crippen molar-refractivity contribution in [3.63, 3.8) is 0 Å². The molecular weight excluding hydrogens is 455 g/mol. The molecule has 1 saturated heterocycles. The van der Waals surface area contributed by atoms with Gasteiger partial charge in [0.2, 0.25) is 0 Å². The van der Waals surface area contributed by atoms with Crippen molar-refractivity contribution in [2.45, 2.75) is 57.2 Å². The summed E-state index contributed by atoms with van der Waals surface area (Å²) < 4.78 is 27.4. The number of benzene rings is 1. The SMILES string of the molecule is C[C@@H]1[C@H]2CCc3c(-c4ccccc4F)nc(-c4ccnc(CC#N)c4)nc3[C@]2(C)CCC12OCCO2. The van der Waals surface area contributed by atoms with E-state index in [1.165, 1.54) is 6.07 Å². The van der Waals surface area contributed by atoms with Crippen LogP contribution < -0.4 is 0 Å².